The number of rotatable bonds is 7. The van der Waals surface area contributed by atoms with E-state index < -0.39 is 11.5 Å². The normalized spacial score (nSPS) is 11.1. The minimum absolute atomic E-state index is 0.0167. The largest absolute Gasteiger partial charge is 0.507 e. The van der Waals surface area contributed by atoms with Crippen molar-refractivity contribution in [2.45, 2.75) is 39.8 Å². The Balaban J connectivity index is 2.32. The van der Waals surface area contributed by atoms with Crippen LogP contribution in [0.15, 0.2) is 18.2 Å². The lowest BCUT2D eigenvalue weighted by atomic mass is 10.00. The molecule has 2 rings (SSSR count). The van der Waals surface area contributed by atoms with Crippen LogP contribution in [0.4, 0.5) is 0 Å². The highest BCUT2D eigenvalue weighted by molar-refractivity contribution is 6.30. The van der Waals surface area contributed by atoms with Crippen LogP contribution in [-0.4, -0.2) is 38.2 Å². The molecule has 4 N–H and O–H groups in total. The molecule has 0 fully saturated rings. The summed E-state index contributed by atoms with van der Waals surface area (Å²) in [6.07, 6.45) is 0.825. The minimum Gasteiger partial charge on any atom is -0.507 e. The van der Waals surface area contributed by atoms with Crippen molar-refractivity contribution in [3.05, 3.63) is 45.5 Å². The van der Waals surface area contributed by atoms with E-state index >= 15 is 0 Å². The lowest BCUT2D eigenvalue weighted by molar-refractivity contribution is 0.0978. The van der Waals surface area contributed by atoms with Crippen LogP contribution in [0.2, 0.25) is 5.02 Å². The van der Waals surface area contributed by atoms with Crippen LogP contribution in [0.1, 0.15) is 46.8 Å². The van der Waals surface area contributed by atoms with Gasteiger partial charge in [-0.3, -0.25) is 9.69 Å². The lowest BCUT2D eigenvalue weighted by Gasteiger charge is -2.21. The number of benzene rings is 2. The molecule has 0 aliphatic carbocycles. The van der Waals surface area contributed by atoms with Crippen LogP contribution in [0, 0.1) is 6.92 Å². The number of aryl methyl sites for hydroxylation is 1. The summed E-state index contributed by atoms with van der Waals surface area (Å²) in [5.41, 5.74) is 1.26. The van der Waals surface area contributed by atoms with Crippen molar-refractivity contribution in [3.63, 3.8) is 0 Å². The average molecular weight is 394 g/mol. The number of aromatic hydroxyl groups is 4. The van der Waals surface area contributed by atoms with Gasteiger partial charge >= 0.3 is 0 Å². The first-order valence-electron chi connectivity index (χ1n) is 8.62. The molecule has 0 aliphatic heterocycles. The highest BCUT2D eigenvalue weighted by Gasteiger charge is 2.22. The smallest absolute Gasteiger partial charge is 0.166 e. The Hall–Kier alpha value is -2.44. The van der Waals surface area contributed by atoms with Gasteiger partial charge in [-0.2, -0.15) is 0 Å². The fraction of sp³-hybridized carbons (Fsp3) is 0.350. The maximum atomic E-state index is 12.2. The van der Waals surface area contributed by atoms with Gasteiger partial charge in [-0.1, -0.05) is 18.5 Å². The third kappa shape index (κ3) is 4.64. The van der Waals surface area contributed by atoms with E-state index in [1.807, 2.05) is 6.92 Å². The Kier molecular flexibility index (Phi) is 6.57. The topological polar surface area (TPSA) is 101 Å². The van der Waals surface area contributed by atoms with Crippen LogP contribution in [0.25, 0.3) is 0 Å². The third-order valence-electron chi connectivity index (χ3n) is 4.34. The fourth-order valence-electron chi connectivity index (χ4n) is 2.97. The van der Waals surface area contributed by atoms with Crippen molar-refractivity contribution in [2.75, 3.05) is 7.05 Å². The molecule has 0 bridgehead atoms. The van der Waals surface area contributed by atoms with Gasteiger partial charge in [0.1, 0.15) is 11.5 Å². The van der Waals surface area contributed by atoms with E-state index in [1.54, 1.807) is 31.0 Å². The van der Waals surface area contributed by atoms with E-state index in [1.165, 1.54) is 0 Å². The second-order valence-corrected chi connectivity index (χ2v) is 7.13. The van der Waals surface area contributed by atoms with E-state index in [0.29, 0.717) is 22.6 Å². The zero-order valence-electron chi connectivity index (χ0n) is 15.6. The minimum atomic E-state index is -0.473. The Labute approximate surface area is 163 Å². The predicted molar refractivity (Wildman–Crippen MR) is 104 cm³/mol. The zero-order chi connectivity index (χ0) is 20.3. The van der Waals surface area contributed by atoms with Crippen molar-refractivity contribution in [1.29, 1.82) is 0 Å². The summed E-state index contributed by atoms with van der Waals surface area (Å²) in [6, 6.07) is 4.37. The molecule has 0 heterocycles. The molecule has 7 heteroatoms. The number of phenols is 4. The van der Waals surface area contributed by atoms with Gasteiger partial charge < -0.3 is 20.4 Å². The van der Waals surface area contributed by atoms with Crippen LogP contribution in [0.3, 0.4) is 0 Å². The number of hydrogen-bond donors (Lipinski definition) is 4. The molecule has 0 saturated heterocycles. The summed E-state index contributed by atoms with van der Waals surface area (Å²) in [7, 11) is 1.71. The summed E-state index contributed by atoms with van der Waals surface area (Å²) in [4.78, 5) is 13.9. The quantitative estimate of drug-likeness (QED) is 0.321. The number of phenolic OH excluding ortho intramolecular Hbond substituents is 4. The molecule has 0 aromatic heterocycles. The van der Waals surface area contributed by atoms with Gasteiger partial charge in [0.15, 0.2) is 17.3 Å². The molecular weight excluding hydrogens is 370 g/mol. The van der Waals surface area contributed by atoms with Gasteiger partial charge in [-0.25, -0.2) is 0 Å². The van der Waals surface area contributed by atoms with Crippen molar-refractivity contribution >= 4 is 17.4 Å². The van der Waals surface area contributed by atoms with Crippen molar-refractivity contribution in [3.8, 4) is 23.0 Å². The van der Waals surface area contributed by atoms with Crippen molar-refractivity contribution in [1.82, 2.24) is 4.90 Å². The van der Waals surface area contributed by atoms with E-state index in [9.17, 15) is 25.2 Å². The number of halogens is 1. The monoisotopic (exact) mass is 393 g/mol. The highest BCUT2D eigenvalue weighted by atomic mass is 35.5. The molecule has 0 radical (unpaired) electrons. The SMILES string of the molecule is CCCC(=O)c1cc(O)c(O)c(CN(C)Cc2cc(Cl)cc(C)c2O)c1O. The Bertz CT molecular complexity index is 866. The molecule has 146 valence electrons. The molecule has 27 heavy (non-hydrogen) atoms. The van der Waals surface area contributed by atoms with Gasteiger partial charge in [-0.15, -0.1) is 0 Å². The summed E-state index contributed by atoms with van der Waals surface area (Å²) in [6.45, 7) is 3.90. The van der Waals surface area contributed by atoms with E-state index in [-0.39, 0.29) is 47.9 Å². The summed E-state index contributed by atoms with van der Waals surface area (Å²) in [5.74, 6) is -1.47. The van der Waals surface area contributed by atoms with E-state index in [4.69, 9.17) is 11.6 Å². The fourth-order valence-corrected chi connectivity index (χ4v) is 3.26. The van der Waals surface area contributed by atoms with Crippen molar-refractivity contribution in [2.24, 2.45) is 0 Å². The van der Waals surface area contributed by atoms with Crippen LogP contribution in [0.5, 0.6) is 23.0 Å². The van der Waals surface area contributed by atoms with Gasteiger partial charge in [0.2, 0.25) is 0 Å². The Morgan fingerprint density at radius 1 is 1.04 bits per heavy atom. The number of ketones is 1. The number of carbonyl (C=O) groups excluding carboxylic acids is 1. The van der Waals surface area contributed by atoms with Crippen LogP contribution >= 0.6 is 11.6 Å². The maximum absolute atomic E-state index is 12.2. The molecule has 0 saturated carbocycles. The molecule has 0 atom stereocenters. The molecule has 2 aromatic rings. The maximum Gasteiger partial charge on any atom is 0.166 e. The summed E-state index contributed by atoms with van der Waals surface area (Å²) < 4.78 is 0. The summed E-state index contributed by atoms with van der Waals surface area (Å²) >= 11 is 6.04. The lowest BCUT2D eigenvalue weighted by Crippen LogP contribution is -2.18. The second kappa shape index (κ2) is 8.50. The first-order valence-corrected chi connectivity index (χ1v) is 8.99. The second-order valence-electron chi connectivity index (χ2n) is 6.69. The number of nitrogens with zero attached hydrogens (tertiary/aromatic N) is 1. The third-order valence-corrected chi connectivity index (χ3v) is 4.56. The molecule has 2 aromatic carbocycles. The van der Waals surface area contributed by atoms with Gasteiger partial charge in [0.05, 0.1) is 11.1 Å². The van der Waals surface area contributed by atoms with E-state index in [2.05, 4.69) is 0 Å². The average Bonchev–Trinajstić information content (AvgIpc) is 2.59. The molecule has 0 spiro atoms. The molecule has 6 nitrogen and oxygen atoms in total. The molecule has 0 unspecified atom stereocenters. The van der Waals surface area contributed by atoms with E-state index in [0.717, 1.165) is 6.07 Å². The van der Waals surface area contributed by atoms with Crippen molar-refractivity contribution < 1.29 is 25.2 Å². The molecule has 0 aliphatic rings. The first kappa shape index (κ1) is 20.9. The number of hydrogen-bond acceptors (Lipinski definition) is 6. The zero-order valence-corrected chi connectivity index (χ0v) is 16.3. The molecule has 0 amide bonds. The standard InChI is InChI=1S/C20H24ClNO5/c1-4-5-16(23)14-8-17(24)20(27)15(19(14)26)10-22(3)9-12-7-13(21)6-11(2)18(12)25/h6-8,24-27H,4-5,9-10H2,1-3H3. The highest BCUT2D eigenvalue weighted by Crippen LogP contribution is 2.40. The van der Waals surface area contributed by atoms with Gasteiger partial charge in [-0.05, 0) is 44.2 Å². The summed E-state index contributed by atoms with van der Waals surface area (Å²) in [5, 5.41) is 41.3. The molecular formula is C20H24ClNO5. The van der Waals surface area contributed by atoms with Gasteiger partial charge in [0, 0.05) is 30.1 Å². The van der Waals surface area contributed by atoms with Gasteiger partial charge in [0.25, 0.3) is 0 Å². The predicted octanol–water partition coefficient (Wildman–Crippen LogP) is 4.09. The first-order chi connectivity index (χ1) is 12.6. The van der Waals surface area contributed by atoms with Crippen LogP contribution < -0.4 is 0 Å². The number of carbonyl (C=O) groups is 1. The Morgan fingerprint density at radius 3 is 2.33 bits per heavy atom. The van der Waals surface area contributed by atoms with Crippen LogP contribution in [-0.2, 0) is 13.1 Å². The number of Topliss-reactive ketones (excluding diaryl/α,β-unsaturated/α-hetero) is 1. The Morgan fingerprint density at radius 2 is 1.70 bits per heavy atom.